The molecule has 0 aliphatic carbocycles. The topological polar surface area (TPSA) is 94.9 Å². The molecule has 0 atom stereocenters. The molecule has 0 aliphatic heterocycles. The minimum absolute atomic E-state index is 0.324. The van der Waals surface area contributed by atoms with Crippen LogP contribution in [0, 0.1) is 0 Å². The summed E-state index contributed by atoms with van der Waals surface area (Å²) >= 11 is 0. The molecule has 0 aliphatic rings. The van der Waals surface area contributed by atoms with Gasteiger partial charge < -0.3 is 10.6 Å². The maximum atomic E-state index is 12.8. The van der Waals surface area contributed by atoms with Gasteiger partial charge in [-0.05, 0) is 29.8 Å². The SMILES string of the molecule is CN(C)c1ccc(-c2ccnc(-n3cnn(CC(CN)=C(F)F)c3=O)c2)cn1. The van der Waals surface area contributed by atoms with Gasteiger partial charge in [0.2, 0.25) is 0 Å². The van der Waals surface area contributed by atoms with Crippen molar-refractivity contribution < 1.29 is 8.78 Å². The molecule has 0 aromatic carbocycles. The van der Waals surface area contributed by atoms with E-state index in [4.69, 9.17) is 5.73 Å². The molecule has 3 heterocycles. The van der Waals surface area contributed by atoms with Crippen molar-refractivity contribution >= 4 is 5.82 Å². The maximum absolute atomic E-state index is 12.8. The molecular formula is C18H19F2N7O. The third kappa shape index (κ3) is 3.96. The molecule has 2 N–H and O–H groups in total. The van der Waals surface area contributed by atoms with Gasteiger partial charge in [0, 0.05) is 44.2 Å². The van der Waals surface area contributed by atoms with E-state index in [-0.39, 0.29) is 18.7 Å². The molecule has 28 heavy (non-hydrogen) atoms. The van der Waals surface area contributed by atoms with E-state index < -0.39 is 11.8 Å². The maximum Gasteiger partial charge on any atom is 0.351 e. The molecule has 0 unspecified atom stereocenters. The Morgan fingerprint density at radius 2 is 1.96 bits per heavy atom. The molecule has 0 radical (unpaired) electrons. The average Bonchev–Trinajstić information content (AvgIpc) is 3.06. The second-order valence-electron chi connectivity index (χ2n) is 6.21. The molecule has 3 aromatic rings. The van der Waals surface area contributed by atoms with E-state index in [2.05, 4.69) is 15.1 Å². The van der Waals surface area contributed by atoms with Crippen LogP contribution in [-0.2, 0) is 6.54 Å². The van der Waals surface area contributed by atoms with Crippen LogP contribution in [0.4, 0.5) is 14.6 Å². The Morgan fingerprint density at radius 3 is 2.57 bits per heavy atom. The highest BCUT2D eigenvalue weighted by Crippen LogP contribution is 2.21. The van der Waals surface area contributed by atoms with Crippen molar-refractivity contribution in [2.75, 3.05) is 25.5 Å². The van der Waals surface area contributed by atoms with E-state index in [1.54, 1.807) is 24.5 Å². The zero-order valence-electron chi connectivity index (χ0n) is 15.4. The average molecular weight is 387 g/mol. The van der Waals surface area contributed by atoms with Crippen molar-refractivity contribution in [2.45, 2.75) is 6.54 Å². The van der Waals surface area contributed by atoms with Crippen molar-refractivity contribution in [3.05, 3.63) is 65.1 Å². The lowest BCUT2D eigenvalue weighted by molar-refractivity contribution is 0.400. The second-order valence-corrected chi connectivity index (χ2v) is 6.21. The number of aromatic nitrogens is 5. The number of anilines is 1. The third-order valence-corrected chi connectivity index (χ3v) is 4.12. The first-order valence-electron chi connectivity index (χ1n) is 8.38. The molecule has 0 saturated carbocycles. The van der Waals surface area contributed by atoms with E-state index >= 15 is 0 Å². The first-order valence-corrected chi connectivity index (χ1v) is 8.38. The third-order valence-electron chi connectivity index (χ3n) is 4.12. The number of hydrogen-bond acceptors (Lipinski definition) is 6. The smallest absolute Gasteiger partial charge is 0.351 e. The molecule has 0 amide bonds. The fourth-order valence-electron chi connectivity index (χ4n) is 2.54. The van der Waals surface area contributed by atoms with Crippen LogP contribution in [-0.4, -0.2) is 45.0 Å². The number of nitrogens with zero attached hydrogens (tertiary/aromatic N) is 6. The number of halogens is 2. The Kier molecular flexibility index (Phi) is 5.59. The van der Waals surface area contributed by atoms with Gasteiger partial charge in [0.25, 0.3) is 6.08 Å². The second kappa shape index (κ2) is 8.09. The van der Waals surface area contributed by atoms with E-state index in [9.17, 15) is 13.6 Å². The summed E-state index contributed by atoms with van der Waals surface area (Å²) in [6.07, 6.45) is 2.62. The Balaban J connectivity index is 1.93. The van der Waals surface area contributed by atoms with E-state index in [1.165, 1.54) is 10.9 Å². The van der Waals surface area contributed by atoms with Crippen LogP contribution in [0.25, 0.3) is 16.9 Å². The zero-order valence-corrected chi connectivity index (χ0v) is 15.4. The van der Waals surface area contributed by atoms with Gasteiger partial charge in [0.1, 0.15) is 18.0 Å². The normalized spacial score (nSPS) is 10.8. The number of nitrogens with two attached hydrogens (primary N) is 1. The van der Waals surface area contributed by atoms with Crippen LogP contribution in [0.15, 0.2) is 59.4 Å². The highest BCUT2D eigenvalue weighted by molar-refractivity contribution is 5.65. The van der Waals surface area contributed by atoms with Gasteiger partial charge in [0.15, 0.2) is 0 Å². The van der Waals surface area contributed by atoms with Gasteiger partial charge in [0.05, 0.1) is 6.54 Å². The van der Waals surface area contributed by atoms with Crippen LogP contribution in [0.5, 0.6) is 0 Å². The van der Waals surface area contributed by atoms with Gasteiger partial charge in [-0.2, -0.15) is 13.9 Å². The minimum Gasteiger partial charge on any atom is -0.363 e. The number of rotatable bonds is 6. The van der Waals surface area contributed by atoms with E-state index in [0.29, 0.717) is 5.82 Å². The van der Waals surface area contributed by atoms with E-state index in [0.717, 1.165) is 21.6 Å². The fraction of sp³-hybridized carbons (Fsp3) is 0.222. The Hall–Kier alpha value is -3.40. The lowest BCUT2D eigenvalue weighted by atomic mass is 10.1. The summed E-state index contributed by atoms with van der Waals surface area (Å²) in [5, 5.41) is 3.88. The lowest BCUT2D eigenvalue weighted by Gasteiger charge is -2.11. The molecule has 0 spiro atoms. The predicted molar refractivity (Wildman–Crippen MR) is 101 cm³/mol. The van der Waals surface area contributed by atoms with Gasteiger partial charge in [-0.1, -0.05) is 0 Å². The largest absolute Gasteiger partial charge is 0.363 e. The quantitative estimate of drug-likeness (QED) is 0.691. The number of hydrogen-bond donors (Lipinski definition) is 1. The highest BCUT2D eigenvalue weighted by Gasteiger charge is 2.13. The van der Waals surface area contributed by atoms with E-state index in [1.807, 2.05) is 31.1 Å². The van der Waals surface area contributed by atoms with Crippen molar-refractivity contribution in [1.29, 1.82) is 0 Å². The van der Waals surface area contributed by atoms with Crippen LogP contribution >= 0.6 is 0 Å². The number of pyridine rings is 2. The monoisotopic (exact) mass is 387 g/mol. The predicted octanol–water partition coefficient (Wildman–Crippen LogP) is 1.67. The van der Waals surface area contributed by atoms with Crippen LogP contribution in [0.1, 0.15) is 0 Å². The van der Waals surface area contributed by atoms with Crippen LogP contribution < -0.4 is 16.3 Å². The summed E-state index contributed by atoms with van der Waals surface area (Å²) in [5.41, 5.74) is 6.02. The molecule has 0 saturated heterocycles. The van der Waals surface area contributed by atoms with Crippen molar-refractivity contribution in [1.82, 2.24) is 24.3 Å². The Morgan fingerprint density at radius 1 is 1.18 bits per heavy atom. The summed E-state index contributed by atoms with van der Waals surface area (Å²) < 4.78 is 27.7. The minimum atomic E-state index is -1.90. The van der Waals surface area contributed by atoms with Crippen LogP contribution in [0.2, 0.25) is 0 Å². The van der Waals surface area contributed by atoms with Gasteiger partial charge in [-0.25, -0.2) is 24.0 Å². The first-order chi connectivity index (χ1) is 13.4. The highest BCUT2D eigenvalue weighted by atomic mass is 19.3. The van der Waals surface area contributed by atoms with Crippen molar-refractivity contribution in [2.24, 2.45) is 5.73 Å². The fourth-order valence-corrected chi connectivity index (χ4v) is 2.54. The summed E-state index contributed by atoms with van der Waals surface area (Å²) in [7, 11) is 3.80. The summed E-state index contributed by atoms with van der Waals surface area (Å²) in [5.74, 6) is 1.14. The molecule has 10 heteroatoms. The van der Waals surface area contributed by atoms with Crippen molar-refractivity contribution in [3.8, 4) is 16.9 Å². The summed E-state index contributed by atoms with van der Waals surface area (Å²) in [4.78, 5) is 23.0. The summed E-state index contributed by atoms with van der Waals surface area (Å²) in [6, 6.07) is 7.29. The lowest BCUT2D eigenvalue weighted by Crippen LogP contribution is -2.26. The van der Waals surface area contributed by atoms with Gasteiger partial charge in [-0.15, -0.1) is 0 Å². The van der Waals surface area contributed by atoms with Crippen molar-refractivity contribution in [3.63, 3.8) is 0 Å². The summed E-state index contributed by atoms with van der Waals surface area (Å²) in [6.45, 7) is -0.731. The molecule has 0 fully saturated rings. The van der Waals surface area contributed by atoms with Crippen LogP contribution in [0.3, 0.4) is 0 Å². The Bertz CT molecular complexity index is 1050. The first kappa shape index (κ1) is 19.4. The molecule has 146 valence electrons. The zero-order chi connectivity index (χ0) is 20.3. The molecule has 3 aromatic heterocycles. The molecule has 3 rings (SSSR count). The van der Waals surface area contributed by atoms with Gasteiger partial charge >= 0.3 is 5.69 Å². The Labute approximate surface area is 159 Å². The molecule has 8 nitrogen and oxygen atoms in total. The molecular weight excluding hydrogens is 368 g/mol. The molecule has 0 bridgehead atoms. The van der Waals surface area contributed by atoms with Gasteiger partial charge in [-0.3, -0.25) is 0 Å². The standard InChI is InChI=1S/C18H19F2N7O/c1-25(2)15-4-3-13(9-23-15)12-5-6-22-16(7-12)26-11-24-27(18(26)28)10-14(8-21)17(19)20/h3-7,9,11H,8,10,21H2,1-2H3.